The monoisotopic (exact) mass is 217 g/mol. The number of ether oxygens (including phenoxy) is 2. The van der Waals surface area contributed by atoms with Crippen LogP contribution in [0, 0.1) is 6.92 Å². The maximum Gasteiger partial charge on any atom is 0.231 e. The first-order chi connectivity index (χ1) is 7.75. The van der Waals surface area contributed by atoms with Crippen LogP contribution in [0.15, 0.2) is 18.2 Å². The lowest BCUT2D eigenvalue weighted by Gasteiger charge is -2.05. The standard InChI is InChI=1S/C11H11N3O2/c1-6-2-3-7(8-4-9(12)14-13-8)11-10(6)15-5-16-11/h2-4H,5H2,1H3,(H3,12,13,14). The highest BCUT2D eigenvalue weighted by molar-refractivity contribution is 5.74. The fraction of sp³-hybridized carbons (Fsp3) is 0.182. The van der Waals surface area contributed by atoms with Gasteiger partial charge in [0.1, 0.15) is 5.82 Å². The largest absolute Gasteiger partial charge is 0.453 e. The number of nitrogens with two attached hydrogens (primary N) is 1. The summed E-state index contributed by atoms with van der Waals surface area (Å²) in [6.45, 7) is 2.25. The number of nitrogens with one attached hydrogen (secondary N) is 1. The van der Waals surface area contributed by atoms with Gasteiger partial charge in [-0.15, -0.1) is 0 Å². The smallest absolute Gasteiger partial charge is 0.231 e. The zero-order valence-corrected chi connectivity index (χ0v) is 8.78. The second-order valence-corrected chi connectivity index (χ2v) is 3.70. The van der Waals surface area contributed by atoms with Crippen LogP contribution in [-0.2, 0) is 0 Å². The quantitative estimate of drug-likeness (QED) is 0.762. The van der Waals surface area contributed by atoms with E-state index in [1.807, 2.05) is 19.1 Å². The Morgan fingerprint density at radius 2 is 2.12 bits per heavy atom. The number of aryl methyl sites for hydroxylation is 1. The summed E-state index contributed by atoms with van der Waals surface area (Å²) in [4.78, 5) is 0. The molecule has 1 aliphatic heterocycles. The number of hydrogen-bond acceptors (Lipinski definition) is 4. The molecule has 0 unspecified atom stereocenters. The molecule has 0 atom stereocenters. The van der Waals surface area contributed by atoms with E-state index in [0.29, 0.717) is 5.82 Å². The van der Waals surface area contributed by atoms with Crippen LogP contribution in [0.25, 0.3) is 11.3 Å². The predicted octanol–water partition coefficient (Wildman–Crippen LogP) is 1.70. The average molecular weight is 217 g/mol. The van der Waals surface area contributed by atoms with E-state index < -0.39 is 0 Å². The van der Waals surface area contributed by atoms with Gasteiger partial charge in [0.15, 0.2) is 11.5 Å². The first-order valence-electron chi connectivity index (χ1n) is 4.96. The highest BCUT2D eigenvalue weighted by atomic mass is 16.7. The van der Waals surface area contributed by atoms with E-state index >= 15 is 0 Å². The Hall–Kier alpha value is -2.17. The lowest BCUT2D eigenvalue weighted by atomic mass is 10.1. The second-order valence-electron chi connectivity index (χ2n) is 3.70. The van der Waals surface area contributed by atoms with Crippen molar-refractivity contribution >= 4 is 5.82 Å². The summed E-state index contributed by atoms with van der Waals surface area (Å²) in [6, 6.07) is 5.72. The van der Waals surface area contributed by atoms with Crippen molar-refractivity contribution in [2.75, 3.05) is 12.5 Å². The van der Waals surface area contributed by atoms with Gasteiger partial charge >= 0.3 is 0 Å². The molecule has 1 aliphatic rings. The zero-order valence-electron chi connectivity index (χ0n) is 8.78. The highest BCUT2D eigenvalue weighted by Crippen LogP contribution is 2.43. The van der Waals surface area contributed by atoms with Crippen LogP contribution in [0.3, 0.4) is 0 Å². The molecule has 3 rings (SSSR count). The molecule has 2 heterocycles. The van der Waals surface area contributed by atoms with Gasteiger partial charge in [-0.25, -0.2) is 0 Å². The summed E-state index contributed by atoms with van der Waals surface area (Å²) in [5, 5.41) is 6.76. The number of benzene rings is 1. The van der Waals surface area contributed by atoms with Gasteiger partial charge in [0.25, 0.3) is 0 Å². The van der Waals surface area contributed by atoms with E-state index in [1.165, 1.54) is 0 Å². The van der Waals surface area contributed by atoms with Crippen LogP contribution in [0.4, 0.5) is 5.82 Å². The number of hydrogen-bond donors (Lipinski definition) is 2. The second kappa shape index (κ2) is 3.16. The van der Waals surface area contributed by atoms with Crippen molar-refractivity contribution in [3.05, 3.63) is 23.8 Å². The molecule has 0 spiro atoms. The number of rotatable bonds is 1. The molecule has 5 heteroatoms. The van der Waals surface area contributed by atoms with E-state index in [4.69, 9.17) is 15.2 Å². The number of aromatic nitrogens is 2. The number of nitrogen functional groups attached to an aromatic ring is 1. The lowest BCUT2D eigenvalue weighted by Crippen LogP contribution is -1.93. The fourth-order valence-corrected chi connectivity index (χ4v) is 1.82. The Morgan fingerprint density at radius 3 is 2.88 bits per heavy atom. The zero-order chi connectivity index (χ0) is 11.1. The Bertz CT molecular complexity index is 548. The van der Waals surface area contributed by atoms with Gasteiger partial charge < -0.3 is 15.2 Å². The third kappa shape index (κ3) is 1.21. The number of fused-ring (bicyclic) bond motifs is 1. The van der Waals surface area contributed by atoms with Gasteiger partial charge in [-0.3, -0.25) is 5.10 Å². The fourth-order valence-electron chi connectivity index (χ4n) is 1.82. The highest BCUT2D eigenvalue weighted by Gasteiger charge is 2.21. The van der Waals surface area contributed by atoms with Gasteiger partial charge in [0.05, 0.1) is 5.69 Å². The van der Waals surface area contributed by atoms with E-state index in [-0.39, 0.29) is 6.79 Å². The van der Waals surface area contributed by atoms with Crippen LogP contribution in [0.5, 0.6) is 11.5 Å². The summed E-state index contributed by atoms with van der Waals surface area (Å²) in [6.07, 6.45) is 0. The molecule has 0 fully saturated rings. The van der Waals surface area contributed by atoms with Crippen molar-refractivity contribution in [3.8, 4) is 22.8 Å². The molecular weight excluding hydrogens is 206 g/mol. The van der Waals surface area contributed by atoms with E-state index in [0.717, 1.165) is 28.3 Å². The third-order valence-electron chi connectivity index (χ3n) is 2.60. The van der Waals surface area contributed by atoms with Crippen LogP contribution < -0.4 is 15.2 Å². The molecule has 3 N–H and O–H groups in total. The normalized spacial score (nSPS) is 13.1. The van der Waals surface area contributed by atoms with E-state index in [9.17, 15) is 0 Å². The first kappa shape index (κ1) is 9.08. The van der Waals surface area contributed by atoms with Gasteiger partial charge in [-0.1, -0.05) is 6.07 Å². The maximum absolute atomic E-state index is 5.58. The Kier molecular flexibility index (Phi) is 1.80. The third-order valence-corrected chi connectivity index (χ3v) is 2.60. The molecule has 1 aromatic heterocycles. The summed E-state index contributed by atoms with van der Waals surface area (Å²) >= 11 is 0. The average Bonchev–Trinajstić information content (AvgIpc) is 2.87. The molecule has 2 aromatic rings. The topological polar surface area (TPSA) is 73.2 Å². The van der Waals surface area contributed by atoms with Gasteiger partial charge in [-0.05, 0) is 18.6 Å². The van der Waals surface area contributed by atoms with Crippen LogP contribution in [-0.4, -0.2) is 17.0 Å². The van der Waals surface area contributed by atoms with E-state index in [1.54, 1.807) is 6.07 Å². The summed E-state index contributed by atoms with van der Waals surface area (Å²) in [7, 11) is 0. The number of H-pyrrole nitrogens is 1. The van der Waals surface area contributed by atoms with Crippen LogP contribution in [0.2, 0.25) is 0 Å². The molecule has 0 saturated heterocycles. The molecule has 0 aliphatic carbocycles. The van der Waals surface area contributed by atoms with Crippen molar-refractivity contribution in [1.82, 2.24) is 10.2 Å². The minimum Gasteiger partial charge on any atom is -0.453 e. The summed E-state index contributed by atoms with van der Waals surface area (Å²) in [5.74, 6) is 2.01. The van der Waals surface area contributed by atoms with Crippen molar-refractivity contribution in [2.24, 2.45) is 0 Å². The molecule has 0 radical (unpaired) electrons. The molecular formula is C11H11N3O2. The molecule has 82 valence electrons. The van der Waals surface area contributed by atoms with Gasteiger partial charge in [-0.2, -0.15) is 5.10 Å². The van der Waals surface area contributed by atoms with Gasteiger partial charge in [0, 0.05) is 11.6 Å². The molecule has 1 aromatic carbocycles. The number of aromatic amines is 1. The molecule has 0 bridgehead atoms. The molecule has 16 heavy (non-hydrogen) atoms. The number of nitrogens with zero attached hydrogens (tertiary/aromatic N) is 1. The Morgan fingerprint density at radius 1 is 1.31 bits per heavy atom. The number of anilines is 1. The SMILES string of the molecule is Cc1ccc(-c2cc(N)n[nH]2)c2c1OCO2. The first-order valence-corrected chi connectivity index (χ1v) is 4.96. The lowest BCUT2D eigenvalue weighted by molar-refractivity contribution is 0.173. The molecule has 0 amide bonds. The predicted molar refractivity (Wildman–Crippen MR) is 59.3 cm³/mol. The Balaban J connectivity index is 2.19. The van der Waals surface area contributed by atoms with Crippen molar-refractivity contribution in [3.63, 3.8) is 0 Å². The Labute approximate surface area is 92.2 Å². The maximum atomic E-state index is 5.58. The minimum atomic E-state index is 0.261. The summed E-state index contributed by atoms with van der Waals surface area (Å²) in [5.41, 5.74) is 8.39. The minimum absolute atomic E-state index is 0.261. The van der Waals surface area contributed by atoms with Crippen molar-refractivity contribution < 1.29 is 9.47 Å². The van der Waals surface area contributed by atoms with E-state index in [2.05, 4.69) is 10.2 Å². The summed E-state index contributed by atoms with van der Waals surface area (Å²) < 4.78 is 10.9. The van der Waals surface area contributed by atoms with Crippen molar-refractivity contribution in [2.45, 2.75) is 6.92 Å². The molecule has 5 nitrogen and oxygen atoms in total. The van der Waals surface area contributed by atoms with Gasteiger partial charge in [0.2, 0.25) is 6.79 Å². The van der Waals surface area contributed by atoms with Crippen LogP contribution >= 0.6 is 0 Å². The molecule has 0 saturated carbocycles. The van der Waals surface area contributed by atoms with Crippen LogP contribution in [0.1, 0.15) is 5.56 Å². The van der Waals surface area contributed by atoms with Crippen molar-refractivity contribution in [1.29, 1.82) is 0 Å².